The number of nitrogens with one attached hydrogen (secondary N) is 3. The van der Waals surface area contributed by atoms with Gasteiger partial charge >= 0.3 is 0 Å². The van der Waals surface area contributed by atoms with Crippen molar-refractivity contribution in [3.63, 3.8) is 0 Å². The first-order valence-corrected chi connectivity index (χ1v) is 5.37. The SMILES string of the molecule is S=c1[nH]c(=S)[nH]c(=S)[nH]1.[O-][n+]1ccccc1. The van der Waals surface area contributed by atoms with Gasteiger partial charge in [-0.2, -0.15) is 4.73 Å². The summed E-state index contributed by atoms with van der Waals surface area (Å²) in [7, 11) is 0. The standard InChI is InChI=1S/C5H5NO.C3H3N3S3/c7-6-4-2-1-3-5-6;7-1-4-2(8)6-3(9)5-1/h1-5H;(H3,4,5,6,7,8,9). The lowest BCUT2D eigenvalue weighted by Gasteiger charge is -1.88. The average Bonchev–Trinajstić information content (AvgIpc) is 2.17. The molecule has 84 valence electrons. The molecular weight excluding hydrogens is 264 g/mol. The molecule has 0 saturated carbocycles. The summed E-state index contributed by atoms with van der Waals surface area (Å²) in [5, 5.41) is 10.2. The van der Waals surface area contributed by atoms with Gasteiger partial charge in [-0.15, -0.1) is 0 Å². The molecule has 2 aromatic rings. The van der Waals surface area contributed by atoms with Crippen molar-refractivity contribution < 1.29 is 4.73 Å². The Morgan fingerprint density at radius 2 is 1.19 bits per heavy atom. The van der Waals surface area contributed by atoms with Gasteiger partial charge in [-0.05, 0) is 36.7 Å². The molecule has 5 nitrogen and oxygen atoms in total. The Kier molecular flexibility index (Phi) is 4.96. The number of aromatic amines is 3. The lowest BCUT2D eigenvalue weighted by atomic mass is 10.5. The van der Waals surface area contributed by atoms with Crippen molar-refractivity contribution in [1.82, 2.24) is 15.0 Å². The number of pyridine rings is 1. The lowest BCUT2D eigenvalue weighted by Crippen LogP contribution is -2.22. The Bertz CT molecular complexity index is 522. The zero-order valence-corrected chi connectivity index (χ0v) is 10.4. The third kappa shape index (κ3) is 4.91. The minimum Gasteiger partial charge on any atom is -0.619 e. The van der Waals surface area contributed by atoms with E-state index in [2.05, 4.69) is 15.0 Å². The number of nitrogens with zero attached hydrogens (tertiary/aromatic N) is 1. The van der Waals surface area contributed by atoms with Gasteiger partial charge in [-0.1, -0.05) is 6.07 Å². The minimum absolute atomic E-state index is 0.448. The molecule has 0 atom stereocenters. The highest BCUT2D eigenvalue weighted by atomic mass is 32.1. The van der Waals surface area contributed by atoms with Crippen LogP contribution in [-0.4, -0.2) is 15.0 Å². The maximum Gasteiger partial charge on any atom is 0.180 e. The van der Waals surface area contributed by atoms with Crippen LogP contribution in [0, 0.1) is 19.5 Å². The van der Waals surface area contributed by atoms with Gasteiger partial charge in [0.2, 0.25) is 0 Å². The Balaban J connectivity index is 0.000000165. The molecule has 16 heavy (non-hydrogen) atoms. The second-order valence-corrected chi connectivity index (χ2v) is 3.82. The minimum atomic E-state index is 0.448. The third-order valence-corrected chi connectivity index (χ3v) is 1.98. The quantitative estimate of drug-likeness (QED) is 0.390. The van der Waals surface area contributed by atoms with Crippen molar-refractivity contribution >= 4 is 36.7 Å². The molecule has 3 N–H and O–H groups in total. The summed E-state index contributed by atoms with van der Waals surface area (Å²) in [4.78, 5) is 7.99. The van der Waals surface area contributed by atoms with E-state index in [9.17, 15) is 5.21 Å². The Morgan fingerprint density at radius 3 is 1.44 bits per heavy atom. The predicted molar refractivity (Wildman–Crippen MR) is 67.4 cm³/mol. The van der Waals surface area contributed by atoms with E-state index in [0.717, 1.165) is 4.73 Å². The topological polar surface area (TPSA) is 74.3 Å². The first-order chi connectivity index (χ1) is 7.58. The predicted octanol–water partition coefficient (Wildman–Crippen LogP) is 2.18. The van der Waals surface area contributed by atoms with E-state index in [4.69, 9.17) is 36.7 Å². The number of H-pyrrole nitrogens is 3. The molecule has 2 heterocycles. The summed E-state index contributed by atoms with van der Waals surface area (Å²) in [5.74, 6) is 0. The summed E-state index contributed by atoms with van der Waals surface area (Å²) in [5.41, 5.74) is 0. The molecule has 0 saturated heterocycles. The van der Waals surface area contributed by atoms with Gasteiger partial charge in [0.05, 0.1) is 0 Å². The summed E-state index contributed by atoms with van der Waals surface area (Å²) >= 11 is 14.2. The number of hydrogen-bond donors (Lipinski definition) is 3. The fourth-order valence-electron chi connectivity index (χ4n) is 0.786. The highest BCUT2D eigenvalue weighted by Crippen LogP contribution is 1.79. The molecule has 0 aromatic carbocycles. The van der Waals surface area contributed by atoms with Crippen molar-refractivity contribution in [2.75, 3.05) is 0 Å². The van der Waals surface area contributed by atoms with Gasteiger partial charge in [-0.25, -0.2) is 0 Å². The van der Waals surface area contributed by atoms with E-state index in [-0.39, 0.29) is 0 Å². The summed E-state index contributed by atoms with van der Waals surface area (Å²) in [6.07, 6.45) is 2.89. The Hall–Kier alpha value is -1.38. The van der Waals surface area contributed by atoms with Gasteiger partial charge in [0.1, 0.15) is 0 Å². The molecular formula is C8H8N4OS3. The summed E-state index contributed by atoms with van der Waals surface area (Å²) in [6.45, 7) is 0. The third-order valence-electron chi connectivity index (χ3n) is 1.37. The van der Waals surface area contributed by atoms with Crippen molar-refractivity contribution in [1.29, 1.82) is 0 Å². The largest absolute Gasteiger partial charge is 0.619 e. The van der Waals surface area contributed by atoms with Crippen LogP contribution in [0.1, 0.15) is 0 Å². The summed E-state index contributed by atoms with van der Waals surface area (Å²) < 4.78 is 2.09. The highest BCUT2D eigenvalue weighted by molar-refractivity contribution is 7.72. The number of aromatic nitrogens is 4. The lowest BCUT2D eigenvalue weighted by molar-refractivity contribution is -0.605. The second-order valence-electron chi connectivity index (χ2n) is 2.60. The first-order valence-electron chi connectivity index (χ1n) is 4.14. The fraction of sp³-hybridized carbons (Fsp3) is 0. The van der Waals surface area contributed by atoms with Crippen LogP contribution < -0.4 is 4.73 Å². The van der Waals surface area contributed by atoms with Crippen molar-refractivity contribution in [2.24, 2.45) is 0 Å². The monoisotopic (exact) mass is 272 g/mol. The first kappa shape index (κ1) is 12.7. The Morgan fingerprint density at radius 1 is 0.812 bits per heavy atom. The maximum atomic E-state index is 10.2. The van der Waals surface area contributed by atoms with Crippen LogP contribution in [0.5, 0.6) is 0 Å². The van der Waals surface area contributed by atoms with Gasteiger partial charge in [0.15, 0.2) is 26.7 Å². The van der Waals surface area contributed by atoms with Crippen LogP contribution >= 0.6 is 36.7 Å². The molecule has 0 aliphatic carbocycles. The van der Waals surface area contributed by atoms with Crippen LogP contribution in [0.4, 0.5) is 0 Å². The normalized spacial score (nSPS) is 9.00. The molecule has 2 aromatic heterocycles. The van der Waals surface area contributed by atoms with E-state index in [0.29, 0.717) is 14.3 Å². The van der Waals surface area contributed by atoms with E-state index in [1.807, 2.05) is 0 Å². The molecule has 2 rings (SSSR count). The molecule has 0 aliphatic rings. The zero-order valence-electron chi connectivity index (χ0n) is 7.97. The Labute approximate surface area is 106 Å². The fourth-order valence-corrected chi connectivity index (χ4v) is 1.59. The van der Waals surface area contributed by atoms with E-state index in [1.165, 1.54) is 12.4 Å². The zero-order chi connectivity index (χ0) is 12.0. The second kappa shape index (κ2) is 6.26. The number of hydrogen-bond acceptors (Lipinski definition) is 4. The van der Waals surface area contributed by atoms with Crippen molar-refractivity contribution in [3.05, 3.63) is 50.1 Å². The van der Waals surface area contributed by atoms with Crippen LogP contribution in [-0.2, 0) is 0 Å². The molecule has 0 radical (unpaired) electrons. The van der Waals surface area contributed by atoms with Crippen molar-refractivity contribution in [3.8, 4) is 0 Å². The molecule has 0 bridgehead atoms. The number of rotatable bonds is 0. The molecule has 0 fully saturated rings. The molecule has 8 heteroatoms. The van der Waals surface area contributed by atoms with Gasteiger partial charge < -0.3 is 20.2 Å². The average molecular weight is 272 g/mol. The van der Waals surface area contributed by atoms with E-state index >= 15 is 0 Å². The highest BCUT2D eigenvalue weighted by Gasteiger charge is 1.76. The van der Waals surface area contributed by atoms with E-state index < -0.39 is 0 Å². The van der Waals surface area contributed by atoms with Crippen LogP contribution in [0.25, 0.3) is 0 Å². The van der Waals surface area contributed by atoms with Crippen LogP contribution in [0.3, 0.4) is 0 Å². The smallest absolute Gasteiger partial charge is 0.180 e. The van der Waals surface area contributed by atoms with Gasteiger partial charge in [-0.3, -0.25) is 0 Å². The molecule has 0 spiro atoms. The molecule has 0 aliphatic heterocycles. The summed E-state index contributed by atoms with van der Waals surface area (Å²) in [6, 6.07) is 5.18. The molecule has 0 unspecified atom stereocenters. The molecule has 0 amide bonds. The van der Waals surface area contributed by atoms with E-state index in [1.54, 1.807) is 18.2 Å². The van der Waals surface area contributed by atoms with Crippen LogP contribution in [0.15, 0.2) is 30.6 Å². The maximum absolute atomic E-state index is 10.2. The van der Waals surface area contributed by atoms with Crippen LogP contribution in [0.2, 0.25) is 0 Å². The van der Waals surface area contributed by atoms with Gasteiger partial charge in [0.25, 0.3) is 0 Å². The van der Waals surface area contributed by atoms with Gasteiger partial charge in [0, 0.05) is 12.1 Å². The van der Waals surface area contributed by atoms with Crippen molar-refractivity contribution in [2.45, 2.75) is 0 Å².